The number of H-pyrrole nitrogens is 1. The molecule has 10 aromatic rings. The molecule has 5 aliphatic heterocycles. The first kappa shape index (κ1) is 95.6. The standard InChI is InChI=1S/C31H29F4N5O4S.C31H30F4N4O4S.C30H28F4N2O7S/c1-17-25(32)27(34)29(28(35)26(17)33)45(43,44)40-12-11-24(40)31(42)39(22-9-10-23-20(13-22)15-37-38-30(23)41)16-21-8-7-19(14-36-21)18-5-3-2-4-6-18;1-17-25(32)27(34)29(28(35)26(17)33)44(42,43)39-12-11-24(39)31(41)38(22-9-10-23-20(13-22)15-37-30(23)40)16-21-8-7-19(14-36-21)18-5-3-2-4-6-18;1-16-24(31)26(33)27(34)28(25(16)32)44(41,42)36-11-2-3-22(36)29(38)35(20-8-9-21(30(39)40)23(37)13-20)14-17-4-6-18(7-5-17)19-10-12-43-15-19/h7-10,13-15,18,24H,2-6,11-12,16H2,1H3,(H,38,41);7-10,13-14,18,24H,2-6,11-12,15-16H2,1H3,(H,37,40);4-9,13,19,22,37H,2-3,10-12,14-15H2,1H3,(H,39,40)/t2*24-;19?,22-/m111/s1. The zero-order valence-electron chi connectivity index (χ0n) is 71.5. The average Bonchev–Trinajstić information content (AvgIpc) is 1.32. The Labute approximate surface area is 754 Å². The van der Waals surface area contributed by atoms with Crippen molar-refractivity contribution in [2.45, 2.75) is 194 Å². The predicted molar refractivity (Wildman–Crippen MR) is 458 cm³/mol. The second-order valence-corrected chi connectivity index (χ2v) is 39.1. The molecule has 41 heteroatoms. The normalized spacial score (nSPS) is 18.5. The molecule has 4 saturated heterocycles. The minimum absolute atomic E-state index is 0.00759. The highest BCUT2D eigenvalue weighted by atomic mass is 32.2. The third-order valence-electron chi connectivity index (χ3n) is 25.6. The number of aromatic amines is 1. The number of amides is 4. The number of aromatic hydroxyl groups is 1. The molecule has 4 N–H and O–H groups in total. The molecule has 0 bridgehead atoms. The third kappa shape index (κ3) is 18.7. The summed E-state index contributed by atoms with van der Waals surface area (Å²) >= 11 is 0. The molecule has 2 saturated carbocycles. The van der Waals surface area contributed by atoms with Gasteiger partial charge in [0.25, 0.3) is 11.5 Å². The van der Waals surface area contributed by atoms with Crippen molar-refractivity contribution in [1.29, 1.82) is 0 Å². The minimum atomic E-state index is -5.20. The average molecular weight is 1910 g/mol. The fourth-order valence-electron chi connectivity index (χ4n) is 17.8. The molecule has 133 heavy (non-hydrogen) atoms. The third-order valence-corrected chi connectivity index (χ3v) is 31.4. The van der Waals surface area contributed by atoms with Crippen LogP contribution in [0.2, 0.25) is 0 Å². The van der Waals surface area contributed by atoms with Crippen LogP contribution < -0.4 is 25.6 Å². The lowest BCUT2D eigenvalue weighted by Crippen LogP contribution is -2.59. The number of anilines is 3. The number of nitrogens with one attached hydrogen (secondary N) is 2. The van der Waals surface area contributed by atoms with Gasteiger partial charge in [-0.2, -0.15) is 18.0 Å². The van der Waals surface area contributed by atoms with Crippen molar-refractivity contribution in [2.75, 3.05) is 47.5 Å². The van der Waals surface area contributed by atoms with E-state index in [4.69, 9.17) is 4.74 Å². The van der Waals surface area contributed by atoms with Crippen molar-refractivity contribution in [1.82, 2.24) is 38.4 Å². The Morgan fingerprint density at radius 2 is 0.887 bits per heavy atom. The predicted octanol–water partition coefficient (Wildman–Crippen LogP) is 15.3. The van der Waals surface area contributed by atoms with E-state index in [9.17, 15) is 117 Å². The van der Waals surface area contributed by atoms with Crippen molar-refractivity contribution in [3.8, 4) is 5.75 Å². The number of hydrogen-bond acceptors (Lipinski definition) is 17. The number of fused-ring (bicyclic) bond motifs is 2. The minimum Gasteiger partial charge on any atom is -0.507 e. The highest BCUT2D eigenvalue weighted by Crippen LogP contribution is 2.43. The molecule has 8 heterocycles. The number of carbonyl (C=O) groups excluding carboxylic acids is 4. The number of carboxylic acid groups (broad SMARTS) is 1. The van der Waals surface area contributed by atoms with Gasteiger partial charge in [0.2, 0.25) is 47.8 Å². The summed E-state index contributed by atoms with van der Waals surface area (Å²) in [7, 11) is -15.5. The second kappa shape index (κ2) is 38.9. The number of aromatic nitrogens is 4. The van der Waals surface area contributed by atoms with Gasteiger partial charge in [-0.1, -0.05) is 74.9 Å². The molecule has 0 spiro atoms. The zero-order valence-corrected chi connectivity index (χ0v) is 73.9. The number of carbonyl (C=O) groups is 5. The van der Waals surface area contributed by atoms with Crippen LogP contribution in [0.15, 0.2) is 141 Å². The molecule has 702 valence electrons. The van der Waals surface area contributed by atoms with E-state index in [2.05, 4.69) is 25.5 Å². The van der Waals surface area contributed by atoms with Gasteiger partial charge in [0.05, 0.1) is 49.2 Å². The van der Waals surface area contributed by atoms with Gasteiger partial charge in [-0.15, -0.1) is 0 Å². The van der Waals surface area contributed by atoms with Crippen molar-refractivity contribution in [3.63, 3.8) is 0 Å². The van der Waals surface area contributed by atoms with Crippen molar-refractivity contribution >= 4 is 87.5 Å². The molecular formula is C92H87F12N11O15S3. The summed E-state index contributed by atoms with van der Waals surface area (Å²) < 4.78 is 262. The quantitative estimate of drug-likeness (QED) is 0.0278. The Balaban J connectivity index is 0.000000152. The largest absolute Gasteiger partial charge is 0.507 e. The number of aromatic carboxylic acids is 1. The summed E-state index contributed by atoms with van der Waals surface area (Å²) in [6, 6.07) is 23.1. The van der Waals surface area contributed by atoms with Crippen molar-refractivity contribution in [2.24, 2.45) is 0 Å². The topological polar surface area (TPSA) is 340 Å². The van der Waals surface area contributed by atoms with E-state index in [0.717, 1.165) is 112 Å². The van der Waals surface area contributed by atoms with Crippen molar-refractivity contribution in [3.05, 3.63) is 269 Å². The highest BCUT2D eigenvalue weighted by molar-refractivity contribution is 7.89. The zero-order chi connectivity index (χ0) is 95.3. The maximum Gasteiger partial charge on any atom is 0.339 e. The van der Waals surface area contributed by atoms with Gasteiger partial charge in [-0.05, 0) is 179 Å². The van der Waals surface area contributed by atoms with Crippen LogP contribution in [0.3, 0.4) is 0 Å². The van der Waals surface area contributed by atoms with Gasteiger partial charge in [-0.25, -0.2) is 87.8 Å². The van der Waals surface area contributed by atoms with E-state index in [-0.39, 0.29) is 94.7 Å². The molecule has 0 radical (unpaired) electrons. The molecular weight excluding hydrogens is 1820 g/mol. The van der Waals surface area contributed by atoms with E-state index in [1.165, 1.54) is 53.1 Å². The summed E-state index contributed by atoms with van der Waals surface area (Å²) in [5.41, 5.74) is 2.65. The molecule has 2 aliphatic carbocycles. The number of phenols is 1. The smallest absolute Gasteiger partial charge is 0.339 e. The van der Waals surface area contributed by atoms with E-state index in [1.54, 1.807) is 54.9 Å². The molecule has 26 nitrogen and oxygen atoms in total. The number of pyridine rings is 2. The lowest BCUT2D eigenvalue weighted by Gasteiger charge is -2.41. The number of sulfonamides is 3. The highest BCUT2D eigenvalue weighted by Gasteiger charge is 2.51. The van der Waals surface area contributed by atoms with E-state index < -0.39 is 190 Å². The molecule has 1 unspecified atom stereocenters. The number of carboxylic acids is 1. The van der Waals surface area contributed by atoms with Gasteiger partial charge >= 0.3 is 5.97 Å². The first-order chi connectivity index (χ1) is 63.3. The van der Waals surface area contributed by atoms with Gasteiger partial charge in [-0.3, -0.25) is 33.9 Å². The van der Waals surface area contributed by atoms with Crippen LogP contribution in [0, 0.1) is 90.6 Å². The van der Waals surface area contributed by atoms with Crippen LogP contribution >= 0.6 is 0 Å². The number of nitrogens with zero attached hydrogens (tertiary/aromatic N) is 9. The fourth-order valence-corrected chi connectivity index (χ4v) is 23.1. The Bertz CT molecular complexity index is 6630. The molecule has 17 rings (SSSR count). The summed E-state index contributed by atoms with van der Waals surface area (Å²) in [5, 5.41) is 29.2. The molecule has 7 aliphatic rings. The number of benzene rings is 7. The van der Waals surface area contributed by atoms with Crippen LogP contribution in [0.5, 0.6) is 5.75 Å². The molecule has 6 fully saturated rings. The van der Waals surface area contributed by atoms with Crippen molar-refractivity contribution < 1.29 is 117 Å². The molecule has 4 amide bonds. The summed E-state index contributed by atoms with van der Waals surface area (Å²) in [4.78, 5) is 85.6. The Hall–Kier alpha value is -12.0. The summed E-state index contributed by atoms with van der Waals surface area (Å²) in [6.45, 7) is 2.52. The summed E-state index contributed by atoms with van der Waals surface area (Å²) in [5.74, 6) is -27.2. The molecule has 3 aromatic heterocycles. The number of ether oxygens (including phenoxy) is 1. The maximum absolute atomic E-state index is 15.0. The van der Waals surface area contributed by atoms with Crippen LogP contribution in [0.25, 0.3) is 10.8 Å². The van der Waals surface area contributed by atoms with Gasteiger partial charge in [0.15, 0.2) is 84.5 Å². The fraction of sp³-hybridized carbons (Fsp3) is 0.359. The number of hydrogen-bond donors (Lipinski definition) is 4. The van der Waals surface area contributed by atoms with E-state index in [1.807, 2.05) is 24.3 Å². The lowest BCUT2D eigenvalue weighted by molar-refractivity contribution is -0.125. The van der Waals surface area contributed by atoms with Gasteiger partial charge < -0.3 is 35.0 Å². The first-order valence-electron chi connectivity index (χ1n) is 42.8. The first-order valence-corrected chi connectivity index (χ1v) is 47.1. The molecule has 7 aromatic carbocycles. The Kier molecular flexibility index (Phi) is 28.0. The van der Waals surface area contributed by atoms with Crippen LogP contribution in [0.4, 0.5) is 69.7 Å². The van der Waals surface area contributed by atoms with Crippen LogP contribution in [-0.2, 0) is 75.4 Å². The summed E-state index contributed by atoms with van der Waals surface area (Å²) in [6.07, 6.45) is 17.1. The van der Waals surface area contributed by atoms with E-state index in [0.29, 0.717) is 82.5 Å². The van der Waals surface area contributed by atoms with Gasteiger partial charge in [0.1, 0.15) is 29.4 Å². The second-order valence-electron chi connectivity index (χ2n) is 33.7. The monoisotopic (exact) mass is 1910 g/mol. The van der Waals surface area contributed by atoms with Gasteiger partial charge in [0, 0.05) is 102 Å². The number of halogens is 12. The van der Waals surface area contributed by atoms with Crippen LogP contribution in [-0.4, -0.2) is 149 Å². The maximum atomic E-state index is 15.0. The number of rotatable bonds is 22. The Morgan fingerprint density at radius 1 is 0.451 bits per heavy atom. The van der Waals surface area contributed by atoms with E-state index >= 15 is 0 Å². The molecule has 4 atom stereocenters. The Morgan fingerprint density at radius 3 is 1.35 bits per heavy atom. The SMILES string of the molecule is Cc1c(F)c(F)c(F)c(S(=O)(=O)N2CCC[C@@H]2C(=O)N(Cc2ccc(C3CCOC3)cc2)c2ccc(C(=O)O)c(O)c2)c1F.Cc1c(F)c(F)c(S(=O)(=O)N2CC[C@@H]2C(=O)N(Cc2ccc(C3CCCCC3)cn2)c2ccc3c(=O)[nH]ncc3c2)c(F)c1F.Cc1c(F)c(F)c(S(=O)(=O)N2CC[C@@H]2C(=O)N(Cc2ccc(C3CCCCC3)cn2)c2ccc3c(c2)CNC3=O)c(F)c1F. The lowest BCUT2D eigenvalue weighted by atomic mass is 9.85. The van der Waals surface area contributed by atoms with Crippen LogP contribution in [0.1, 0.15) is 191 Å².